The Morgan fingerprint density at radius 2 is 1.85 bits per heavy atom. The van der Waals surface area contributed by atoms with E-state index < -0.39 is 0 Å². The van der Waals surface area contributed by atoms with Gasteiger partial charge in [0, 0.05) is 25.1 Å². The maximum absolute atomic E-state index is 12.2. The number of rotatable bonds is 3. The number of anilines is 1. The van der Waals surface area contributed by atoms with E-state index >= 15 is 0 Å². The Hall–Kier alpha value is -2.82. The molecule has 3 rings (SSSR count). The van der Waals surface area contributed by atoms with Crippen LogP contribution in [0.4, 0.5) is 5.69 Å². The molecule has 0 saturated heterocycles. The zero-order valence-electron chi connectivity index (χ0n) is 16.4. The van der Waals surface area contributed by atoms with Gasteiger partial charge < -0.3 is 14.5 Å². The maximum atomic E-state index is 12.2. The normalized spacial score (nSPS) is 16.1. The number of benzene rings is 2. The Morgan fingerprint density at radius 3 is 2.48 bits per heavy atom. The Balaban J connectivity index is 1.91. The minimum Gasteiger partial charge on any atom is -0.491 e. The van der Waals surface area contributed by atoms with Gasteiger partial charge in [-0.05, 0) is 43.7 Å². The smallest absolute Gasteiger partial charge is 0.224 e. The summed E-state index contributed by atoms with van der Waals surface area (Å²) in [6.07, 6.45) is 0. The molecule has 2 aromatic carbocycles. The molecule has 0 fully saturated rings. The van der Waals surface area contributed by atoms with E-state index in [9.17, 15) is 9.59 Å². The molecule has 5 heteroatoms. The lowest BCUT2D eigenvalue weighted by Gasteiger charge is -2.26. The molecule has 142 valence electrons. The van der Waals surface area contributed by atoms with Crippen molar-refractivity contribution in [1.29, 1.82) is 0 Å². The fourth-order valence-electron chi connectivity index (χ4n) is 3.49. The van der Waals surface area contributed by atoms with Gasteiger partial charge >= 0.3 is 0 Å². The van der Waals surface area contributed by atoms with Gasteiger partial charge in [-0.15, -0.1) is 0 Å². The van der Waals surface area contributed by atoms with Gasteiger partial charge in [0.2, 0.25) is 11.8 Å². The van der Waals surface area contributed by atoms with Crippen molar-refractivity contribution in [3.63, 3.8) is 0 Å². The van der Waals surface area contributed by atoms with Gasteiger partial charge in [0.05, 0.1) is 19.1 Å². The molecule has 0 bridgehead atoms. The number of ether oxygens (including phenoxy) is 1. The van der Waals surface area contributed by atoms with E-state index in [2.05, 4.69) is 0 Å². The maximum Gasteiger partial charge on any atom is 0.224 e. The summed E-state index contributed by atoms with van der Waals surface area (Å²) >= 11 is 0. The van der Waals surface area contributed by atoms with Crippen molar-refractivity contribution in [3.05, 3.63) is 59.2 Å². The van der Waals surface area contributed by atoms with Crippen molar-refractivity contribution in [2.24, 2.45) is 0 Å². The van der Waals surface area contributed by atoms with Crippen molar-refractivity contribution in [1.82, 2.24) is 4.90 Å². The SMILES string of the molecule is CC(=O)N(Cc1ccc2c(c1)[C@@H](C)N(C(C)=O)CCO2)c1ccc(C)cc1. The van der Waals surface area contributed by atoms with Crippen molar-refractivity contribution >= 4 is 17.5 Å². The summed E-state index contributed by atoms with van der Waals surface area (Å²) < 4.78 is 5.83. The molecular weight excluding hydrogens is 340 g/mol. The van der Waals surface area contributed by atoms with Gasteiger partial charge in [-0.3, -0.25) is 9.59 Å². The number of hydrogen-bond acceptors (Lipinski definition) is 3. The predicted octanol–water partition coefficient (Wildman–Crippen LogP) is 3.85. The zero-order chi connectivity index (χ0) is 19.6. The molecule has 0 radical (unpaired) electrons. The molecule has 1 aliphatic rings. The van der Waals surface area contributed by atoms with E-state index in [1.54, 1.807) is 18.7 Å². The third-order valence-corrected chi connectivity index (χ3v) is 5.05. The van der Waals surface area contributed by atoms with Crippen molar-refractivity contribution in [2.45, 2.75) is 40.3 Å². The number of aryl methyl sites for hydroxylation is 1. The van der Waals surface area contributed by atoms with Crippen LogP contribution in [0.5, 0.6) is 5.75 Å². The van der Waals surface area contributed by atoms with Crippen LogP contribution in [-0.2, 0) is 16.1 Å². The summed E-state index contributed by atoms with van der Waals surface area (Å²) in [7, 11) is 0. The summed E-state index contributed by atoms with van der Waals surface area (Å²) in [6.45, 7) is 8.73. The van der Waals surface area contributed by atoms with Gasteiger partial charge in [-0.2, -0.15) is 0 Å². The van der Waals surface area contributed by atoms with Crippen molar-refractivity contribution in [2.75, 3.05) is 18.1 Å². The molecule has 0 saturated carbocycles. The van der Waals surface area contributed by atoms with E-state index in [0.29, 0.717) is 19.7 Å². The topological polar surface area (TPSA) is 49.9 Å². The summed E-state index contributed by atoms with van der Waals surface area (Å²) in [5.74, 6) is 0.831. The van der Waals surface area contributed by atoms with Crippen LogP contribution in [0.1, 0.15) is 43.5 Å². The summed E-state index contributed by atoms with van der Waals surface area (Å²) in [5, 5.41) is 0. The molecule has 0 aliphatic carbocycles. The molecule has 27 heavy (non-hydrogen) atoms. The number of amides is 2. The van der Waals surface area contributed by atoms with Crippen LogP contribution in [0.25, 0.3) is 0 Å². The number of carbonyl (C=O) groups is 2. The Bertz CT molecular complexity index is 845. The van der Waals surface area contributed by atoms with Crippen LogP contribution in [0.3, 0.4) is 0 Å². The highest BCUT2D eigenvalue weighted by atomic mass is 16.5. The fourth-order valence-corrected chi connectivity index (χ4v) is 3.49. The first-order valence-electron chi connectivity index (χ1n) is 9.24. The highest BCUT2D eigenvalue weighted by molar-refractivity contribution is 5.91. The minimum absolute atomic E-state index is 0.0107. The zero-order valence-corrected chi connectivity index (χ0v) is 16.4. The molecule has 2 amide bonds. The number of carbonyl (C=O) groups excluding carboxylic acids is 2. The average molecular weight is 366 g/mol. The quantitative estimate of drug-likeness (QED) is 0.829. The molecule has 5 nitrogen and oxygen atoms in total. The predicted molar refractivity (Wildman–Crippen MR) is 106 cm³/mol. The van der Waals surface area contributed by atoms with Gasteiger partial charge in [-0.1, -0.05) is 23.8 Å². The number of hydrogen-bond donors (Lipinski definition) is 0. The molecule has 0 N–H and O–H groups in total. The molecule has 2 aromatic rings. The van der Waals surface area contributed by atoms with Crippen LogP contribution in [0, 0.1) is 6.92 Å². The molecule has 1 heterocycles. The number of nitrogens with zero attached hydrogens (tertiary/aromatic N) is 2. The number of fused-ring (bicyclic) bond motifs is 1. The lowest BCUT2D eigenvalue weighted by molar-refractivity contribution is -0.131. The largest absolute Gasteiger partial charge is 0.491 e. The molecule has 0 aromatic heterocycles. The van der Waals surface area contributed by atoms with E-state index in [0.717, 1.165) is 28.1 Å². The summed E-state index contributed by atoms with van der Waals surface area (Å²) in [5.41, 5.74) is 4.01. The Kier molecular flexibility index (Phi) is 5.49. The third kappa shape index (κ3) is 4.13. The average Bonchev–Trinajstić information content (AvgIpc) is 2.79. The van der Waals surface area contributed by atoms with E-state index in [1.165, 1.54) is 0 Å². The summed E-state index contributed by atoms with van der Waals surface area (Å²) in [4.78, 5) is 27.8. The highest BCUT2D eigenvalue weighted by Crippen LogP contribution is 2.33. The van der Waals surface area contributed by atoms with E-state index in [4.69, 9.17) is 4.74 Å². The molecule has 1 aliphatic heterocycles. The van der Waals surface area contributed by atoms with Gasteiger partial charge in [0.25, 0.3) is 0 Å². The summed E-state index contributed by atoms with van der Waals surface area (Å²) in [6, 6.07) is 13.8. The second kappa shape index (κ2) is 7.82. The minimum atomic E-state index is -0.0647. The Morgan fingerprint density at radius 1 is 1.15 bits per heavy atom. The second-order valence-electron chi connectivity index (χ2n) is 7.05. The standard InChI is InChI=1S/C22H26N2O3/c1-15-5-8-20(9-6-15)24(18(4)26)14-19-7-10-22-21(13-19)16(2)23(17(3)25)11-12-27-22/h5-10,13,16H,11-12,14H2,1-4H3/t16-/m1/s1. The monoisotopic (exact) mass is 366 g/mol. The molecule has 0 spiro atoms. The molecular formula is C22H26N2O3. The fraction of sp³-hybridized carbons (Fsp3) is 0.364. The molecule has 0 unspecified atom stereocenters. The second-order valence-corrected chi connectivity index (χ2v) is 7.05. The van der Waals surface area contributed by atoms with Crippen molar-refractivity contribution < 1.29 is 14.3 Å². The van der Waals surface area contributed by atoms with E-state index in [1.807, 2.05) is 61.2 Å². The first-order valence-corrected chi connectivity index (χ1v) is 9.24. The van der Waals surface area contributed by atoms with Crippen molar-refractivity contribution in [3.8, 4) is 5.75 Å². The molecule has 1 atom stereocenters. The third-order valence-electron chi connectivity index (χ3n) is 5.05. The van der Waals surface area contributed by atoms with Gasteiger partial charge in [-0.25, -0.2) is 0 Å². The lowest BCUT2D eigenvalue weighted by Crippen LogP contribution is -2.33. The lowest BCUT2D eigenvalue weighted by atomic mass is 10.0. The highest BCUT2D eigenvalue weighted by Gasteiger charge is 2.25. The van der Waals surface area contributed by atoms with Crippen LogP contribution >= 0.6 is 0 Å². The van der Waals surface area contributed by atoms with Crippen LogP contribution in [0.2, 0.25) is 0 Å². The van der Waals surface area contributed by atoms with Gasteiger partial charge in [0.1, 0.15) is 12.4 Å². The van der Waals surface area contributed by atoms with Crippen LogP contribution < -0.4 is 9.64 Å². The first kappa shape index (κ1) is 19.0. The first-order chi connectivity index (χ1) is 12.9. The van der Waals surface area contributed by atoms with Crippen LogP contribution in [0.15, 0.2) is 42.5 Å². The Labute approximate surface area is 160 Å². The van der Waals surface area contributed by atoms with E-state index in [-0.39, 0.29) is 17.9 Å². The van der Waals surface area contributed by atoms with Crippen LogP contribution in [-0.4, -0.2) is 29.9 Å². The van der Waals surface area contributed by atoms with Gasteiger partial charge in [0.15, 0.2) is 0 Å².